The van der Waals surface area contributed by atoms with Crippen molar-refractivity contribution < 1.29 is 4.79 Å². The molecule has 0 spiro atoms. The summed E-state index contributed by atoms with van der Waals surface area (Å²) in [6.45, 7) is 4.42. The highest BCUT2D eigenvalue weighted by Gasteiger charge is 2.40. The molecule has 2 rings (SSSR count). The third kappa shape index (κ3) is 3.71. The maximum absolute atomic E-state index is 11.8. The Morgan fingerprint density at radius 2 is 1.83 bits per heavy atom. The lowest BCUT2D eigenvalue weighted by molar-refractivity contribution is -0.121. The van der Waals surface area contributed by atoms with Crippen molar-refractivity contribution in [3.63, 3.8) is 0 Å². The predicted molar refractivity (Wildman–Crippen MR) is 74.0 cm³/mol. The van der Waals surface area contributed by atoms with E-state index in [-0.39, 0.29) is 5.91 Å². The Balaban J connectivity index is 1.64. The number of nitrogens with one attached hydrogen (secondary N) is 1. The van der Waals surface area contributed by atoms with Gasteiger partial charge in [0.15, 0.2) is 0 Å². The van der Waals surface area contributed by atoms with Gasteiger partial charge in [-0.2, -0.15) is 0 Å². The van der Waals surface area contributed by atoms with Gasteiger partial charge >= 0.3 is 0 Å². The van der Waals surface area contributed by atoms with Gasteiger partial charge in [0.25, 0.3) is 0 Å². The molecule has 0 aromatic carbocycles. The van der Waals surface area contributed by atoms with Crippen LogP contribution in [-0.4, -0.2) is 18.0 Å². The minimum Gasteiger partial charge on any atom is -0.353 e. The molecule has 2 aliphatic rings. The fourth-order valence-corrected chi connectivity index (χ4v) is 3.75. The minimum atomic E-state index is 0.255. The van der Waals surface area contributed by atoms with E-state index in [1.165, 1.54) is 12.8 Å². The summed E-state index contributed by atoms with van der Waals surface area (Å²) >= 11 is 0. The second-order valence-electron chi connectivity index (χ2n) is 6.77. The number of nitrogens with two attached hydrogens (primary N) is 1. The maximum atomic E-state index is 11.8. The van der Waals surface area contributed by atoms with Gasteiger partial charge in [0.1, 0.15) is 0 Å². The molecule has 0 aromatic heterocycles. The molecule has 0 aliphatic heterocycles. The largest absolute Gasteiger partial charge is 0.353 e. The first-order valence-corrected chi connectivity index (χ1v) is 7.59. The molecule has 2 saturated carbocycles. The van der Waals surface area contributed by atoms with E-state index >= 15 is 0 Å². The molecule has 0 aromatic rings. The third-order valence-electron chi connectivity index (χ3n) is 4.60. The van der Waals surface area contributed by atoms with Crippen LogP contribution in [0.4, 0.5) is 0 Å². The number of fused-ring (bicyclic) bond motifs is 1. The number of carbonyl (C=O) groups is 1. The molecular weight excluding hydrogens is 224 g/mol. The highest BCUT2D eigenvalue weighted by atomic mass is 16.1. The number of rotatable bonds is 5. The fraction of sp³-hybridized carbons (Fsp3) is 0.933. The van der Waals surface area contributed by atoms with Gasteiger partial charge in [-0.15, -0.1) is 0 Å². The van der Waals surface area contributed by atoms with E-state index in [9.17, 15) is 4.79 Å². The number of carbonyl (C=O) groups excluding carboxylic acids is 1. The van der Waals surface area contributed by atoms with Crippen molar-refractivity contribution in [2.45, 2.75) is 70.9 Å². The fourth-order valence-electron chi connectivity index (χ4n) is 3.75. The van der Waals surface area contributed by atoms with Crippen LogP contribution in [-0.2, 0) is 4.79 Å². The van der Waals surface area contributed by atoms with E-state index in [1.54, 1.807) is 0 Å². The molecule has 0 bridgehead atoms. The lowest BCUT2D eigenvalue weighted by atomic mass is 10.0. The van der Waals surface area contributed by atoms with Crippen LogP contribution in [0.1, 0.15) is 58.8 Å². The molecule has 2 atom stereocenters. The second kappa shape index (κ2) is 6.05. The molecular formula is C15H28N2O. The number of hydrogen-bond acceptors (Lipinski definition) is 2. The molecule has 2 unspecified atom stereocenters. The zero-order valence-corrected chi connectivity index (χ0v) is 11.8. The van der Waals surface area contributed by atoms with Gasteiger partial charge in [-0.25, -0.2) is 0 Å². The Hall–Kier alpha value is -0.570. The number of hydrogen-bond donors (Lipinski definition) is 2. The molecule has 3 N–H and O–H groups in total. The molecule has 0 radical (unpaired) electrons. The van der Waals surface area contributed by atoms with Crippen LogP contribution in [0.25, 0.3) is 0 Å². The standard InChI is InChI=1S/C15H28N2O/c1-10(2)4-3-5-15(18)17-14-8-11-6-13(16)7-12(11)9-14/h10-14H,3-9,16H2,1-2H3,(H,17,18). The first-order valence-electron chi connectivity index (χ1n) is 7.59. The van der Waals surface area contributed by atoms with Crippen molar-refractivity contribution in [3.8, 4) is 0 Å². The predicted octanol–water partition coefficient (Wildman–Crippen LogP) is 2.44. The average molecular weight is 252 g/mol. The van der Waals surface area contributed by atoms with Gasteiger partial charge in [-0.1, -0.05) is 20.3 Å². The van der Waals surface area contributed by atoms with Crippen LogP contribution < -0.4 is 11.1 Å². The lowest BCUT2D eigenvalue weighted by Crippen LogP contribution is -2.33. The Morgan fingerprint density at radius 1 is 1.22 bits per heavy atom. The summed E-state index contributed by atoms with van der Waals surface area (Å²) in [4.78, 5) is 11.8. The smallest absolute Gasteiger partial charge is 0.220 e. The highest BCUT2D eigenvalue weighted by molar-refractivity contribution is 5.76. The van der Waals surface area contributed by atoms with Crippen molar-refractivity contribution >= 4 is 5.91 Å². The SMILES string of the molecule is CC(C)CCCC(=O)NC1CC2CC(N)CC2C1. The molecule has 104 valence electrons. The van der Waals surface area contributed by atoms with E-state index in [0.29, 0.717) is 24.4 Å². The molecule has 2 aliphatic carbocycles. The average Bonchev–Trinajstić information content (AvgIpc) is 2.73. The Bertz CT molecular complexity index is 276. The molecule has 3 nitrogen and oxygen atoms in total. The summed E-state index contributed by atoms with van der Waals surface area (Å²) in [5.74, 6) is 2.51. The van der Waals surface area contributed by atoms with E-state index in [2.05, 4.69) is 19.2 Å². The Kier molecular flexibility index (Phi) is 4.66. The molecule has 0 heterocycles. The van der Waals surface area contributed by atoms with Crippen LogP contribution in [0.15, 0.2) is 0 Å². The van der Waals surface area contributed by atoms with Crippen LogP contribution in [0.3, 0.4) is 0 Å². The van der Waals surface area contributed by atoms with Crippen LogP contribution in [0, 0.1) is 17.8 Å². The molecule has 2 fully saturated rings. The molecule has 1 amide bonds. The van der Waals surface area contributed by atoms with Gasteiger partial charge in [-0.3, -0.25) is 4.79 Å². The van der Waals surface area contributed by atoms with E-state index in [1.807, 2.05) is 0 Å². The minimum absolute atomic E-state index is 0.255. The Morgan fingerprint density at radius 3 is 2.39 bits per heavy atom. The van der Waals surface area contributed by atoms with Crippen molar-refractivity contribution in [2.24, 2.45) is 23.5 Å². The van der Waals surface area contributed by atoms with E-state index in [0.717, 1.165) is 37.5 Å². The normalized spacial score (nSPS) is 34.9. The van der Waals surface area contributed by atoms with Gasteiger partial charge in [-0.05, 0) is 49.9 Å². The first kappa shape index (κ1) is 13.9. The lowest BCUT2D eigenvalue weighted by Gasteiger charge is -2.15. The summed E-state index contributed by atoms with van der Waals surface area (Å²) in [7, 11) is 0. The first-order chi connectivity index (χ1) is 8.54. The number of amides is 1. The summed E-state index contributed by atoms with van der Waals surface area (Å²) < 4.78 is 0. The van der Waals surface area contributed by atoms with Gasteiger partial charge in [0, 0.05) is 18.5 Å². The van der Waals surface area contributed by atoms with Crippen molar-refractivity contribution in [3.05, 3.63) is 0 Å². The second-order valence-corrected chi connectivity index (χ2v) is 6.77. The summed E-state index contributed by atoms with van der Waals surface area (Å²) in [6, 6.07) is 0.849. The zero-order chi connectivity index (χ0) is 13.1. The zero-order valence-electron chi connectivity index (χ0n) is 11.8. The van der Waals surface area contributed by atoms with Crippen LogP contribution >= 0.6 is 0 Å². The van der Waals surface area contributed by atoms with Crippen molar-refractivity contribution in [2.75, 3.05) is 0 Å². The monoisotopic (exact) mass is 252 g/mol. The Labute approximate surface area is 111 Å². The van der Waals surface area contributed by atoms with Crippen LogP contribution in [0.5, 0.6) is 0 Å². The van der Waals surface area contributed by atoms with Crippen molar-refractivity contribution in [1.29, 1.82) is 0 Å². The highest BCUT2D eigenvalue weighted by Crippen LogP contribution is 2.43. The molecule has 18 heavy (non-hydrogen) atoms. The molecule has 0 saturated heterocycles. The summed E-state index contributed by atoms with van der Waals surface area (Å²) in [5.41, 5.74) is 5.98. The van der Waals surface area contributed by atoms with Gasteiger partial charge in [0.2, 0.25) is 5.91 Å². The van der Waals surface area contributed by atoms with E-state index < -0.39 is 0 Å². The topological polar surface area (TPSA) is 55.1 Å². The van der Waals surface area contributed by atoms with E-state index in [4.69, 9.17) is 5.73 Å². The third-order valence-corrected chi connectivity index (χ3v) is 4.60. The molecule has 3 heteroatoms. The maximum Gasteiger partial charge on any atom is 0.220 e. The van der Waals surface area contributed by atoms with Crippen LogP contribution in [0.2, 0.25) is 0 Å². The van der Waals surface area contributed by atoms with Gasteiger partial charge < -0.3 is 11.1 Å². The van der Waals surface area contributed by atoms with Crippen molar-refractivity contribution in [1.82, 2.24) is 5.32 Å². The summed E-state index contributed by atoms with van der Waals surface area (Å²) in [6.07, 6.45) is 7.53. The summed E-state index contributed by atoms with van der Waals surface area (Å²) in [5, 5.41) is 3.22. The quantitative estimate of drug-likeness (QED) is 0.789. The van der Waals surface area contributed by atoms with Gasteiger partial charge in [0.05, 0.1) is 0 Å².